The number of nitrogens with two attached hydrogens (primary N) is 1. The van der Waals surface area contributed by atoms with Crippen LogP contribution in [-0.4, -0.2) is 19.1 Å². The molecule has 1 aromatic rings. The zero-order valence-electron chi connectivity index (χ0n) is 12.1. The Bertz CT molecular complexity index is 401. The predicted molar refractivity (Wildman–Crippen MR) is 77.0 cm³/mol. The van der Waals surface area contributed by atoms with Crippen LogP contribution in [-0.2, 0) is 4.79 Å². The van der Waals surface area contributed by atoms with E-state index in [1.54, 1.807) is 7.11 Å². The van der Waals surface area contributed by atoms with Crippen LogP contribution in [0.5, 0.6) is 5.75 Å². The molecule has 0 saturated heterocycles. The van der Waals surface area contributed by atoms with Crippen LogP contribution in [0, 0.1) is 5.92 Å². The van der Waals surface area contributed by atoms with Gasteiger partial charge in [0, 0.05) is 12.0 Å². The summed E-state index contributed by atoms with van der Waals surface area (Å²) in [6.45, 7) is 5.74. The molecule has 106 valence electrons. The number of methoxy groups -OCH3 is 1. The smallest absolute Gasteiger partial charge is 0.224 e. The molecule has 19 heavy (non-hydrogen) atoms. The number of carbonyl (C=O) groups excluding carboxylic acids is 1. The van der Waals surface area contributed by atoms with E-state index in [9.17, 15) is 4.79 Å². The van der Waals surface area contributed by atoms with Crippen molar-refractivity contribution in [1.82, 2.24) is 5.32 Å². The molecule has 0 aliphatic rings. The molecule has 3 unspecified atom stereocenters. The van der Waals surface area contributed by atoms with Crippen molar-refractivity contribution in [2.24, 2.45) is 11.7 Å². The van der Waals surface area contributed by atoms with Crippen molar-refractivity contribution in [3.63, 3.8) is 0 Å². The summed E-state index contributed by atoms with van der Waals surface area (Å²) >= 11 is 0. The summed E-state index contributed by atoms with van der Waals surface area (Å²) in [5, 5.41) is 3.04. The Labute approximate surface area is 115 Å². The number of ether oxygens (including phenoxy) is 1. The number of rotatable bonds is 6. The molecule has 0 spiro atoms. The summed E-state index contributed by atoms with van der Waals surface area (Å²) in [6.07, 6.45) is 0.837. The largest absolute Gasteiger partial charge is 0.497 e. The van der Waals surface area contributed by atoms with E-state index in [4.69, 9.17) is 10.5 Å². The summed E-state index contributed by atoms with van der Waals surface area (Å²) in [5.74, 6) is 0.624. The SMILES string of the molecule is CCC(NC(=O)C(C)C(C)N)c1ccc(OC)cc1. The van der Waals surface area contributed by atoms with Crippen LogP contribution in [0.1, 0.15) is 38.8 Å². The summed E-state index contributed by atoms with van der Waals surface area (Å²) in [7, 11) is 1.64. The fourth-order valence-electron chi connectivity index (χ4n) is 1.80. The minimum atomic E-state index is -0.188. The van der Waals surface area contributed by atoms with Gasteiger partial charge in [-0.3, -0.25) is 4.79 Å². The third-order valence-electron chi connectivity index (χ3n) is 3.45. The van der Waals surface area contributed by atoms with E-state index in [1.165, 1.54) is 0 Å². The lowest BCUT2D eigenvalue weighted by atomic mass is 10.0. The van der Waals surface area contributed by atoms with Gasteiger partial charge in [0.1, 0.15) is 5.75 Å². The maximum Gasteiger partial charge on any atom is 0.224 e. The highest BCUT2D eigenvalue weighted by atomic mass is 16.5. The first-order chi connectivity index (χ1) is 8.99. The average molecular weight is 264 g/mol. The van der Waals surface area contributed by atoms with E-state index in [1.807, 2.05) is 45.0 Å². The van der Waals surface area contributed by atoms with Crippen molar-refractivity contribution in [1.29, 1.82) is 0 Å². The lowest BCUT2D eigenvalue weighted by molar-refractivity contribution is -0.125. The molecule has 0 saturated carbocycles. The number of benzene rings is 1. The molecule has 1 aromatic carbocycles. The normalized spacial score (nSPS) is 15.4. The van der Waals surface area contributed by atoms with E-state index in [0.717, 1.165) is 17.7 Å². The molecule has 0 radical (unpaired) electrons. The third-order valence-corrected chi connectivity index (χ3v) is 3.45. The minimum Gasteiger partial charge on any atom is -0.497 e. The highest BCUT2D eigenvalue weighted by Crippen LogP contribution is 2.20. The van der Waals surface area contributed by atoms with Crippen LogP contribution in [0.4, 0.5) is 0 Å². The number of nitrogens with one attached hydrogen (secondary N) is 1. The van der Waals surface area contributed by atoms with Crippen LogP contribution >= 0.6 is 0 Å². The fraction of sp³-hybridized carbons (Fsp3) is 0.533. The molecule has 0 fully saturated rings. The van der Waals surface area contributed by atoms with E-state index >= 15 is 0 Å². The second-order valence-electron chi connectivity index (χ2n) is 4.89. The molecule has 0 aromatic heterocycles. The Hall–Kier alpha value is -1.55. The quantitative estimate of drug-likeness (QED) is 0.828. The Morgan fingerprint density at radius 2 is 1.89 bits per heavy atom. The molecule has 0 bridgehead atoms. The van der Waals surface area contributed by atoms with Gasteiger partial charge in [-0.15, -0.1) is 0 Å². The van der Waals surface area contributed by atoms with Gasteiger partial charge >= 0.3 is 0 Å². The summed E-state index contributed by atoms with van der Waals surface area (Å²) in [6, 6.07) is 7.62. The van der Waals surface area contributed by atoms with Crippen LogP contribution < -0.4 is 15.8 Å². The molecule has 0 aliphatic carbocycles. The van der Waals surface area contributed by atoms with Crippen molar-refractivity contribution >= 4 is 5.91 Å². The van der Waals surface area contributed by atoms with E-state index in [0.29, 0.717) is 0 Å². The fourth-order valence-corrected chi connectivity index (χ4v) is 1.80. The lowest BCUT2D eigenvalue weighted by Crippen LogP contribution is -2.40. The van der Waals surface area contributed by atoms with Gasteiger partial charge in [-0.25, -0.2) is 0 Å². The molecule has 4 heteroatoms. The van der Waals surface area contributed by atoms with Gasteiger partial charge in [0.2, 0.25) is 5.91 Å². The number of carbonyl (C=O) groups is 1. The molecule has 0 heterocycles. The second-order valence-corrected chi connectivity index (χ2v) is 4.89. The van der Waals surface area contributed by atoms with Gasteiger partial charge in [0.05, 0.1) is 13.2 Å². The molecule has 0 aliphatic heterocycles. The van der Waals surface area contributed by atoms with Crippen molar-refractivity contribution in [2.75, 3.05) is 7.11 Å². The monoisotopic (exact) mass is 264 g/mol. The van der Waals surface area contributed by atoms with Crippen molar-refractivity contribution < 1.29 is 9.53 Å². The molecule has 4 nitrogen and oxygen atoms in total. The van der Waals surface area contributed by atoms with E-state index < -0.39 is 0 Å². The van der Waals surface area contributed by atoms with Crippen LogP contribution in [0.15, 0.2) is 24.3 Å². The Kier molecular flexibility index (Phi) is 5.83. The van der Waals surface area contributed by atoms with Crippen molar-refractivity contribution in [2.45, 2.75) is 39.3 Å². The van der Waals surface area contributed by atoms with Gasteiger partial charge in [-0.05, 0) is 31.0 Å². The van der Waals surface area contributed by atoms with E-state index in [-0.39, 0.29) is 23.9 Å². The Morgan fingerprint density at radius 3 is 2.32 bits per heavy atom. The highest BCUT2D eigenvalue weighted by molar-refractivity contribution is 5.79. The number of hydrogen-bond donors (Lipinski definition) is 2. The lowest BCUT2D eigenvalue weighted by Gasteiger charge is -2.22. The molecule has 3 N–H and O–H groups in total. The van der Waals surface area contributed by atoms with Crippen LogP contribution in [0.25, 0.3) is 0 Å². The summed E-state index contributed by atoms with van der Waals surface area (Å²) < 4.78 is 5.13. The topological polar surface area (TPSA) is 64.4 Å². The maximum atomic E-state index is 12.0. The number of hydrogen-bond acceptors (Lipinski definition) is 3. The first kappa shape index (κ1) is 15.5. The van der Waals surface area contributed by atoms with Gasteiger partial charge in [0.25, 0.3) is 0 Å². The third kappa shape index (κ3) is 4.24. The molecule has 1 rings (SSSR count). The van der Waals surface area contributed by atoms with Gasteiger partial charge in [0.15, 0.2) is 0 Å². The minimum absolute atomic E-state index is 0.00216. The molecular weight excluding hydrogens is 240 g/mol. The molecule has 3 atom stereocenters. The van der Waals surface area contributed by atoms with Gasteiger partial charge in [-0.2, -0.15) is 0 Å². The first-order valence-corrected chi connectivity index (χ1v) is 6.69. The van der Waals surface area contributed by atoms with Gasteiger partial charge < -0.3 is 15.8 Å². The van der Waals surface area contributed by atoms with Crippen molar-refractivity contribution in [3.05, 3.63) is 29.8 Å². The Balaban J connectivity index is 2.74. The van der Waals surface area contributed by atoms with Gasteiger partial charge in [-0.1, -0.05) is 26.0 Å². The summed E-state index contributed by atoms with van der Waals surface area (Å²) in [5.41, 5.74) is 6.83. The van der Waals surface area contributed by atoms with Crippen LogP contribution in [0.3, 0.4) is 0 Å². The highest BCUT2D eigenvalue weighted by Gasteiger charge is 2.20. The van der Waals surface area contributed by atoms with Crippen molar-refractivity contribution in [3.8, 4) is 5.75 Å². The molecule has 1 amide bonds. The number of amides is 1. The summed E-state index contributed by atoms with van der Waals surface area (Å²) in [4.78, 5) is 12.0. The Morgan fingerprint density at radius 1 is 1.32 bits per heavy atom. The second kappa shape index (κ2) is 7.14. The maximum absolute atomic E-state index is 12.0. The van der Waals surface area contributed by atoms with E-state index in [2.05, 4.69) is 5.32 Å². The zero-order valence-corrected chi connectivity index (χ0v) is 12.1. The first-order valence-electron chi connectivity index (χ1n) is 6.69. The average Bonchev–Trinajstić information content (AvgIpc) is 2.43. The standard InChI is InChI=1S/C15H24N2O2/c1-5-14(17-15(18)10(2)11(3)16)12-6-8-13(19-4)9-7-12/h6-11,14H,5,16H2,1-4H3,(H,17,18). The zero-order chi connectivity index (χ0) is 14.4. The van der Waals surface area contributed by atoms with Crippen LogP contribution in [0.2, 0.25) is 0 Å². The molecular formula is C15H24N2O2. The predicted octanol–water partition coefficient (Wildman–Crippen LogP) is 2.25.